The number of imide groups is 1. The molecule has 0 aromatic rings. The number of allylic oxidation sites excluding steroid dienone is 1. The molecule has 0 fully saturated rings. The van der Waals surface area contributed by atoms with Gasteiger partial charge in [0.2, 0.25) is 0 Å². The summed E-state index contributed by atoms with van der Waals surface area (Å²) >= 11 is 0. The molecule has 0 saturated carbocycles. The van der Waals surface area contributed by atoms with Crippen molar-refractivity contribution in [3.8, 4) is 0 Å². The van der Waals surface area contributed by atoms with Crippen molar-refractivity contribution < 1.29 is 38.9 Å². The fourth-order valence-corrected chi connectivity index (χ4v) is 2.33. The quantitative estimate of drug-likeness (QED) is 0.530. The number of hydrogen-bond acceptors (Lipinski definition) is 7. The summed E-state index contributed by atoms with van der Waals surface area (Å²) < 4.78 is 10.4. The van der Waals surface area contributed by atoms with Crippen LogP contribution in [0.5, 0.6) is 0 Å². The van der Waals surface area contributed by atoms with E-state index in [0.29, 0.717) is 4.90 Å². The Morgan fingerprint density at radius 3 is 1.71 bits per heavy atom. The van der Waals surface area contributed by atoms with Crippen LogP contribution in [0.3, 0.4) is 0 Å². The minimum absolute atomic E-state index is 0.221. The van der Waals surface area contributed by atoms with Gasteiger partial charge in [0.05, 0.1) is 5.60 Å². The number of hydrogen-bond donors (Lipinski definition) is 3. The first-order valence-electron chi connectivity index (χ1n) is 9.93. The lowest BCUT2D eigenvalue weighted by Crippen LogP contribution is -2.60. The summed E-state index contributed by atoms with van der Waals surface area (Å²) in [4.78, 5) is 50.8. The van der Waals surface area contributed by atoms with Crippen LogP contribution in [0.2, 0.25) is 0 Å². The Labute approximate surface area is 183 Å². The van der Waals surface area contributed by atoms with E-state index in [4.69, 9.17) is 9.47 Å². The van der Waals surface area contributed by atoms with Gasteiger partial charge in [0.25, 0.3) is 5.91 Å². The van der Waals surface area contributed by atoms with Crippen molar-refractivity contribution in [2.45, 2.75) is 98.5 Å². The number of amides is 3. The number of carbonyl (C=O) groups excluding carboxylic acids is 3. The molecular weight excluding hydrogens is 408 g/mol. The minimum atomic E-state index is -1.88. The molecule has 0 aliphatic carbocycles. The van der Waals surface area contributed by atoms with Crippen LogP contribution in [0.15, 0.2) is 11.3 Å². The van der Waals surface area contributed by atoms with Crippen molar-refractivity contribution in [3.63, 3.8) is 0 Å². The monoisotopic (exact) mass is 444 g/mol. The van der Waals surface area contributed by atoms with Crippen LogP contribution < -0.4 is 5.32 Å². The van der Waals surface area contributed by atoms with Crippen LogP contribution >= 0.6 is 0 Å². The van der Waals surface area contributed by atoms with Gasteiger partial charge in [0.1, 0.15) is 22.9 Å². The van der Waals surface area contributed by atoms with E-state index in [9.17, 15) is 29.4 Å². The maximum absolute atomic E-state index is 13.4. The van der Waals surface area contributed by atoms with Gasteiger partial charge in [-0.3, -0.25) is 4.79 Å². The summed E-state index contributed by atoms with van der Waals surface area (Å²) in [7, 11) is 0. The molecule has 10 nitrogen and oxygen atoms in total. The zero-order valence-corrected chi connectivity index (χ0v) is 20.1. The first-order valence-corrected chi connectivity index (χ1v) is 9.93. The third-order valence-corrected chi connectivity index (χ3v) is 3.77. The average molecular weight is 445 g/mol. The van der Waals surface area contributed by atoms with Gasteiger partial charge in [0, 0.05) is 0 Å². The molecule has 0 unspecified atom stereocenters. The normalized spacial score (nSPS) is 14.2. The molecule has 0 aliphatic rings. The largest absolute Gasteiger partial charge is 0.477 e. The molecule has 31 heavy (non-hydrogen) atoms. The Balaban J connectivity index is 6.49. The van der Waals surface area contributed by atoms with Crippen LogP contribution in [0.1, 0.15) is 75.7 Å². The van der Waals surface area contributed by atoms with Crippen LogP contribution in [0, 0.1) is 0 Å². The van der Waals surface area contributed by atoms with E-state index in [-0.39, 0.29) is 12.0 Å². The fourth-order valence-electron chi connectivity index (χ4n) is 2.33. The second kappa shape index (κ2) is 10.1. The van der Waals surface area contributed by atoms with Crippen molar-refractivity contribution in [1.29, 1.82) is 0 Å². The Bertz CT molecular complexity index is 736. The summed E-state index contributed by atoms with van der Waals surface area (Å²) in [6, 6.07) is -1.71. The van der Waals surface area contributed by atoms with Gasteiger partial charge in [-0.25, -0.2) is 19.3 Å². The van der Waals surface area contributed by atoms with Crippen molar-refractivity contribution >= 4 is 24.1 Å². The Morgan fingerprint density at radius 2 is 1.39 bits per heavy atom. The van der Waals surface area contributed by atoms with Gasteiger partial charge in [-0.05, 0) is 74.3 Å². The number of carboxylic acid groups (broad SMARTS) is 1. The van der Waals surface area contributed by atoms with Gasteiger partial charge < -0.3 is 25.0 Å². The highest BCUT2D eigenvalue weighted by molar-refractivity contribution is 6.05. The third kappa shape index (κ3) is 9.37. The molecule has 178 valence electrons. The molecule has 0 heterocycles. The van der Waals surface area contributed by atoms with Gasteiger partial charge in [-0.2, -0.15) is 0 Å². The lowest BCUT2D eigenvalue weighted by Gasteiger charge is -2.34. The van der Waals surface area contributed by atoms with Gasteiger partial charge in [0.15, 0.2) is 0 Å². The maximum Gasteiger partial charge on any atom is 0.422 e. The number of carboxylic acids is 1. The fraction of sp³-hybridized carbons (Fsp3) is 0.714. The number of alkyl carbamates (subject to hydrolysis) is 1. The number of rotatable bonds is 6. The molecule has 0 aliphatic heterocycles. The van der Waals surface area contributed by atoms with Gasteiger partial charge >= 0.3 is 18.2 Å². The van der Waals surface area contributed by atoms with E-state index in [1.165, 1.54) is 20.8 Å². The van der Waals surface area contributed by atoms with Gasteiger partial charge in [-0.15, -0.1) is 0 Å². The van der Waals surface area contributed by atoms with E-state index in [1.54, 1.807) is 48.5 Å². The van der Waals surface area contributed by atoms with Crippen LogP contribution in [0.4, 0.5) is 9.59 Å². The lowest BCUT2D eigenvalue weighted by molar-refractivity contribution is -0.143. The minimum Gasteiger partial charge on any atom is -0.477 e. The first-order chi connectivity index (χ1) is 13.7. The maximum atomic E-state index is 13.4. The van der Waals surface area contributed by atoms with Crippen molar-refractivity contribution in [2.75, 3.05) is 0 Å². The van der Waals surface area contributed by atoms with Crippen LogP contribution in [-0.4, -0.2) is 62.0 Å². The highest BCUT2D eigenvalue weighted by Crippen LogP contribution is 2.23. The molecule has 0 aromatic heterocycles. The second-order valence-electron chi connectivity index (χ2n) is 9.67. The Hall–Kier alpha value is -2.62. The SMILES string of the molecule is CC/C(C)=C(/C(=O)O)N(C(=O)OC(C)(C)C)C(=O)[C@H](NC(=O)OC(C)(C)C)C(C)(C)O. The lowest BCUT2D eigenvalue weighted by atomic mass is 9.97. The highest BCUT2D eigenvalue weighted by atomic mass is 16.6. The molecule has 0 spiro atoms. The zero-order chi connectivity index (χ0) is 24.9. The van der Waals surface area contributed by atoms with E-state index < -0.39 is 52.6 Å². The third-order valence-electron chi connectivity index (χ3n) is 3.77. The molecule has 3 amide bonds. The van der Waals surface area contributed by atoms with Crippen molar-refractivity contribution in [3.05, 3.63) is 11.3 Å². The predicted molar refractivity (Wildman–Crippen MR) is 113 cm³/mol. The van der Waals surface area contributed by atoms with Crippen LogP contribution in [-0.2, 0) is 19.1 Å². The van der Waals surface area contributed by atoms with E-state index in [2.05, 4.69) is 5.32 Å². The molecule has 1 atom stereocenters. The summed E-state index contributed by atoms with van der Waals surface area (Å²) in [6.45, 7) is 15.1. The molecule has 0 rings (SSSR count). The molecule has 3 N–H and O–H groups in total. The number of aliphatic carboxylic acids is 1. The Kier molecular flexibility index (Phi) is 9.27. The summed E-state index contributed by atoms with van der Waals surface area (Å²) in [5, 5.41) is 22.5. The number of aliphatic hydroxyl groups is 1. The predicted octanol–water partition coefficient (Wildman–Crippen LogP) is 3.18. The zero-order valence-electron chi connectivity index (χ0n) is 20.1. The number of ether oxygens (including phenoxy) is 2. The second-order valence-corrected chi connectivity index (χ2v) is 9.67. The first kappa shape index (κ1) is 28.4. The topological polar surface area (TPSA) is 142 Å². The molecule has 10 heteroatoms. The Morgan fingerprint density at radius 1 is 0.935 bits per heavy atom. The molecular formula is C21H36N2O8. The van der Waals surface area contributed by atoms with E-state index in [0.717, 1.165) is 0 Å². The smallest absolute Gasteiger partial charge is 0.422 e. The number of carbonyl (C=O) groups is 4. The summed E-state index contributed by atoms with van der Waals surface area (Å²) in [6.07, 6.45) is -2.05. The van der Waals surface area contributed by atoms with E-state index in [1.807, 2.05) is 0 Å². The molecule has 0 radical (unpaired) electrons. The van der Waals surface area contributed by atoms with Crippen LogP contribution in [0.25, 0.3) is 0 Å². The average Bonchev–Trinajstić information content (AvgIpc) is 2.51. The van der Waals surface area contributed by atoms with Crippen molar-refractivity contribution in [2.24, 2.45) is 0 Å². The number of nitrogens with one attached hydrogen (secondary N) is 1. The standard InChI is InChI=1S/C21H36N2O8/c1-11-12(2)13(16(25)26)23(18(28)31-20(6,7)8)15(24)14(21(9,10)29)22-17(27)30-19(3,4)5/h14,29H,11H2,1-10H3,(H,22,27)(H,25,26)/b13-12-/t14-/m0/s1. The summed E-state index contributed by atoms with van der Waals surface area (Å²) in [5.41, 5.74) is -4.20. The molecule has 0 aromatic carbocycles. The number of nitrogens with zero attached hydrogens (tertiary/aromatic N) is 1. The highest BCUT2D eigenvalue weighted by Gasteiger charge is 2.44. The van der Waals surface area contributed by atoms with E-state index >= 15 is 0 Å². The molecule has 0 bridgehead atoms. The van der Waals surface area contributed by atoms with Crippen molar-refractivity contribution in [1.82, 2.24) is 10.2 Å². The summed E-state index contributed by atoms with van der Waals surface area (Å²) in [5.74, 6) is -2.72. The van der Waals surface area contributed by atoms with Gasteiger partial charge in [-0.1, -0.05) is 6.92 Å². The molecule has 0 saturated heterocycles.